The van der Waals surface area contributed by atoms with Crippen molar-refractivity contribution >= 4 is 17.4 Å². The minimum absolute atomic E-state index is 0.0990. The van der Waals surface area contributed by atoms with Crippen molar-refractivity contribution in [3.05, 3.63) is 47.9 Å². The number of para-hydroxylation sites is 1. The molecule has 6 nitrogen and oxygen atoms in total. The summed E-state index contributed by atoms with van der Waals surface area (Å²) in [5, 5.41) is 3.21. The molecule has 1 amide bonds. The van der Waals surface area contributed by atoms with Gasteiger partial charge in [-0.1, -0.05) is 18.2 Å². The lowest BCUT2D eigenvalue weighted by Gasteiger charge is -2.16. The maximum atomic E-state index is 12.7. The van der Waals surface area contributed by atoms with Crippen LogP contribution in [-0.2, 0) is 11.2 Å². The Hall–Kier alpha value is -2.47. The summed E-state index contributed by atoms with van der Waals surface area (Å²) in [6.07, 6.45) is 6.48. The number of amides is 1. The van der Waals surface area contributed by atoms with Gasteiger partial charge in [-0.3, -0.25) is 4.79 Å². The van der Waals surface area contributed by atoms with Crippen molar-refractivity contribution in [1.29, 1.82) is 0 Å². The summed E-state index contributed by atoms with van der Waals surface area (Å²) in [7, 11) is 0. The van der Waals surface area contributed by atoms with Gasteiger partial charge in [0.1, 0.15) is 11.5 Å². The highest BCUT2D eigenvalue weighted by Gasteiger charge is 2.26. The molecule has 3 heterocycles. The minimum atomic E-state index is -0.0990. The van der Waals surface area contributed by atoms with Crippen molar-refractivity contribution in [3.8, 4) is 0 Å². The Balaban J connectivity index is 1.42. The number of carbonyl (C=O) groups is 1. The molecular formula is C18H20N4O2. The van der Waals surface area contributed by atoms with Gasteiger partial charge in [0.05, 0.1) is 18.5 Å². The lowest BCUT2D eigenvalue weighted by molar-refractivity contribution is 0.0984. The van der Waals surface area contributed by atoms with E-state index < -0.39 is 0 Å². The molecule has 4 rings (SSSR count). The van der Waals surface area contributed by atoms with E-state index in [-0.39, 0.29) is 12.0 Å². The zero-order valence-corrected chi connectivity index (χ0v) is 13.4. The quantitative estimate of drug-likeness (QED) is 0.934. The topological polar surface area (TPSA) is 67.3 Å². The van der Waals surface area contributed by atoms with Gasteiger partial charge < -0.3 is 15.0 Å². The van der Waals surface area contributed by atoms with Crippen LogP contribution in [0.4, 0.5) is 11.5 Å². The van der Waals surface area contributed by atoms with Crippen LogP contribution < -0.4 is 10.2 Å². The van der Waals surface area contributed by atoms with E-state index in [0.717, 1.165) is 38.1 Å². The molecule has 0 saturated carbocycles. The molecule has 0 bridgehead atoms. The molecule has 1 fully saturated rings. The summed E-state index contributed by atoms with van der Waals surface area (Å²) in [5.74, 6) is 0.571. The van der Waals surface area contributed by atoms with E-state index in [1.807, 2.05) is 18.2 Å². The molecule has 24 heavy (non-hydrogen) atoms. The molecule has 1 aromatic heterocycles. The molecule has 2 aliphatic rings. The Morgan fingerprint density at radius 3 is 3.00 bits per heavy atom. The molecule has 1 atom stereocenters. The van der Waals surface area contributed by atoms with Crippen LogP contribution in [0.15, 0.2) is 36.7 Å². The van der Waals surface area contributed by atoms with Crippen LogP contribution in [0, 0.1) is 0 Å². The Morgan fingerprint density at radius 2 is 2.21 bits per heavy atom. The summed E-state index contributed by atoms with van der Waals surface area (Å²) in [6.45, 7) is 2.25. The van der Waals surface area contributed by atoms with Crippen molar-refractivity contribution in [2.24, 2.45) is 0 Å². The number of carbonyl (C=O) groups excluding carboxylic acids is 1. The molecule has 124 valence electrons. The molecule has 1 aromatic carbocycles. The van der Waals surface area contributed by atoms with E-state index in [4.69, 9.17) is 4.74 Å². The number of ether oxygens (including phenoxy) is 1. The van der Waals surface area contributed by atoms with E-state index >= 15 is 0 Å². The van der Waals surface area contributed by atoms with Gasteiger partial charge >= 0.3 is 0 Å². The van der Waals surface area contributed by atoms with Gasteiger partial charge in [-0.15, -0.1) is 0 Å². The third kappa shape index (κ3) is 2.97. The van der Waals surface area contributed by atoms with Crippen molar-refractivity contribution in [3.63, 3.8) is 0 Å². The maximum absolute atomic E-state index is 12.7. The standard InChI is InChI=1S/C18H20N4O2/c23-18(22-8-7-13-4-1-2-6-16(13)22)15-11-21-17(12-19-15)20-10-14-5-3-9-24-14/h1-2,4,6,11-12,14H,3,5,7-10H2,(H,20,21). The summed E-state index contributed by atoms with van der Waals surface area (Å²) < 4.78 is 5.57. The van der Waals surface area contributed by atoms with E-state index in [1.54, 1.807) is 17.3 Å². The van der Waals surface area contributed by atoms with Gasteiger partial charge in [0, 0.05) is 25.4 Å². The second-order valence-corrected chi connectivity index (χ2v) is 6.14. The number of fused-ring (bicyclic) bond motifs is 1. The Bertz CT molecular complexity index is 726. The average Bonchev–Trinajstić information content (AvgIpc) is 3.29. The smallest absolute Gasteiger partial charge is 0.278 e. The summed E-state index contributed by atoms with van der Waals surface area (Å²) >= 11 is 0. The molecule has 1 N–H and O–H groups in total. The molecule has 2 aromatic rings. The molecule has 1 unspecified atom stereocenters. The van der Waals surface area contributed by atoms with Crippen LogP contribution in [0.5, 0.6) is 0 Å². The molecule has 0 spiro atoms. The third-order valence-corrected chi connectivity index (χ3v) is 4.54. The third-order valence-electron chi connectivity index (χ3n) is 4.54. The van der Waals surface area contributed by atoms with Crippen molar-refractivity contribution in [2.75, 3.05) is 29.9 Å². The largest absolute Gasteiger partial charge is 0.376 e. The first-order chi connectivity index (χ1) is 11.8. The van der Waals surface area contributed by atoms with Crippen LogP contribution in [0.1, 0.15) is 28.9 Å². The number of anilines is 2. The molecule has 1 saturated heterocycles. The van der Waals surface area contributed by atoms with Crippen LogP contribution in [0.25, 0.3) is 0 Å². The first kappa shape index (κ1) is 15.1. The fraction of sp³-hybridized carbons (Fsp3) is 0.389. The monoisotopic (exact) mass is 324 g/mol. The second kappa shape index (κ2) is 6.57. The average molecular weight is 324 g/mol. The number of nitrogens with zero attached hydrogens (tertiary/aromatic N) is 3. The summed E-state index contributed by atoms with van der Waals surface area (Å²) in [4.78, 5) is 23.0. The number of nitrogens with one attached hydrogen (secondary N) is 1. The fourth-order valence-corrected chi connectivity index (χ4v) is 3.24. The van der Waals surface area contributed by atoms with Gasteiger partial charge in [0.15, 0.2) is 0 Å². The number of aromatic nitrogens is 2. The molecule has 0 aliphatic carbocycles. The Kier molecular flexibility index (Phi) is 4.13. The van der Waals surface area contributed by atoms with Crippen molar-refractivity contribution in [1.82, 2.24) is 9.97 Å². The molecular weight excluding hydrogens is 304 g/mol. The van der Waals surface area contributed by atoms with Crippen LogP contribution in [0.2, 0.25) is 0 Å². The molecule has 2 aliphatic heterocycles. The highest BCUT2D eigenvalue weighted by molar-refractivity contribution is 6.05. The fourth-order valence-electron chi connectivity index (χ4n) is 3.24. The Morgan fingerprint density at radius 1 is 1.29 bits per heavy atom. The van der Waals surface area contributed by atoms with Gasteiger partial charge in [0.2, 0.25) is 0 Å². The van der Waals surface area contributed by atoms with Gasteiger partial charge in [-0.05, 0) is 30.9 Å². The highest BCUT2D eigenvalue weighted by atomic mass is 16.5. The number of hydrogen-bond acceptors (Lipinski definition) is 5. The lowest BCUT2D eigenvalue weighted by Crippen LogP contribution is -2.29. The van der Waals surface area contributed by atoms with E-state index in [0.29, 0.717) is 18.1 Å². The number of hydrogen-bond donors (Lipinski definition) is 1. The van der Waals surface area contributed by atoms with E-state index in [2.05, 4.69) is 21.4 Å². The lowest BCUT2D eigenvalue weighted by atomic mass is 10.2. The van der Waals surface area contributed by atoms with Crippen LogP contribution in [0.3, 0.4) is 0 Å². The number of rotatable bonds is 4. The van der Waals surface area contributed by atoms with Crippen LogP contribution in [-0.4, -0.2) is 41.7 Å². The first-order valence-electron chi connectivity index (χ1n) is 8.38. The summed E-state index contributed by atoms with van der Waals surface area (Å²) in [5.41, 5.74) is 2.55. The van der Waals surface area contributed by atoms with Crippen molar-refractivity contribution in [2.45, 2.75) is 25.4 Å². The normalized spacial score (nSPS) is 19.3. The molecule has 6 heteroatoms. The predicted octanol–water partition coefficient (Wildman–Crippen LogP) is 2.27. The zero-order valence-electron chi connectivity index (χ0n) is 13.4. The van der Waals surface area contributed by atoms with Gasteiger partial charge in [-0.2, -0.15) is 0 Å². The van der Waals surface area contributed by atoms with Crippen LogP contribution >= 0.6 is 0 Å². The second-order valence-electron chi connectivity index (χ2n) is 6.14. The van der Waals surface area contributed by atoms with Crippen molar-refractivity contribution < 1.29 is 9.53 Å². The zero-order chi connectivity index (χ0) is 16.4. The van der Waals surface area contributed by atoms with E-state index in [1.165, 1.54) is 5.56 Å². The van der Waals surface area contributed by atoms with Gasteiger partial charge in [0.25, 0.3) is 5.91 Å². The molecule has 0 radical (unpaired) electrons. The Labute approximate surface area is 140 Å². The minimum Gasteiger partial charge on any atom is -0.376 e. The highest BCUT2D eigenvalue weighted by Crippen LogP contribution is 2.28. The van der Waals surface area contributed by atoms with E-state index in [9.17, 15) is 4.79 Å². The predicted molar refractivity (Wildman–Crippen MR) is 91.3 cm³/mol. The maximum Gasteiger partial charge on any atom is 0.278 e. The first-order valence-corrected chi connectivity index (χ1v) is 8.38. The van der Waals surface area contributed by atoms with Gasteiger partial charge in [-0.25, -0.2) is 9.97 Å². The number of benzene rings is 1. The summed E-state index contributed by atoms with van der Waals surface area (Å²) in [6, 6.07) is 7.99. The SMILES string of the molecule is O=C(c1cnc(NCC2CCCO2)cn1)N1CCc2ccccc21.